The zero-order valence-corrected chi connectivity index (χ0v) is 16.6. The molecular formula is C21H25NO4S. The molecule has 5 nitrogen and oxygen atoms in total. The fraction of sp³-hybridized carbons (Fsp3) is 0.333. The molecule has 0 saturated carbocycles. The van der Waals surface area contributed by atoms with Crippen molar-refractivity contribution in [2.45, 2.75) is 37.2 Å². The maximum atomic E-state index is 13.1. The van der Waals surface area contributed by atoms with E-state index in [0.29, 0.717) is 5.76 Å². The first kappa shape index (κ1) is 19.5. The van der Waals surface area contributed by atoms with Crippen LogP contribution in [-0.2, 0) is 20.2 Å². The number of aliphatic hydroxyl groups is 1. The highest BCUT2D eigenvalue weighted by Gasteiger charge is 2.30. The van der Waals surface area contributed by atoms with Gasteiger partial charge in [0.05, 0.1) is 24.2 Å². The quantitative estimate of drug-likeness (QED) is 0.874. The van der Waals surface area contributed by atoms with Crippen molar-refractivity contribution in [1.82, 2.24) is 4.31 Å². The SMILES string of the molecule is CC(C)(C)c1ccc(S(=O)(=O)N2C=C(c3ccccc3)O[C@H](CO)C2)cc1. The number of aliphatic hydroxyl groups excluding tert-OH is 1. The van der Waals surface area contributed by atoms with Crippen molar-refractivity contribution in [3.63, 3.8) is 0 Å². The van der Waals surface area contributed by atoms with Gasteiger partial charge in [0.25, 0.3) is 10.0 Å². The molecule has 0 bridgehead atoms. The minimum atomic E-state index is -3.74. The molecule has 1 atom stereocenters. The molecule has 3 rings (SSSR count). The maximum absolute atomic E-state index is 13.1. The average molecular weight is 388 g/mol. The second-order valence-electron chi connectivity index (χ2n) is 7.63. The van der Waals surface area contributed by atoms with Crippen LogP contribution < -0.4 is 0 Å². The van der Waals surface area contributed by atoms with Gasteiger partial charge in [-0.1, -0.05) is 63.2 Å². The molecular weight excluding hydrogens is 362 g/mol. The number of rotatable bonds is 4. The van der Waals surface area contributed by atoms with Crippen molar-refractivity contribution in [3.05, 3.63) is 71.9 Å². The Morgan fingerprint density at radius 1 is 1.07 bits per heavy atom. The monoisotopic (exact) mass is 387 g/mol. The molecule has 0 radical (unpaired) electrons. The Balaban J connectivity index is 1.97. The molecule has 0 unspecified atom stereocenters. The zero-order valence-electron chi connectivity index (χ0n) is 15.8. The molecule has 6 heteroatoms. The number of benzene rings is 2. The third-order valence-corrected chi connectivity index (χ3v) is 6.27. The van der Waals surface area contributed by atoms with Gasteiger partial charge in [-0.2, -0.15) is 0 Å². The number of ether oxygens (including phenoxy) is 1. The van der Waals surface area contributed by atoms with Gasteiger partial charge in [-0.15, -0.1) is 0 Å². The lowest BCUT2D eigenvalue weighted by molar-refractivity contribution is 0.0700. The van der Waals surface area contributed by atoms with Gasteiger partial charge in [0.2, 0.25) is 0 Å². The van der Waals surface area contributed by atoms with Crippen molar-refractivity contribution in [3.8, 4) is 0 Å². The van der Waals surface area contributed by atoms with Gasteiger partial charge >= 0.3 is 0 Å². The summed E-state index contributed by atoms with van der Waals surface area (Å²) in [6, 6.07) is 16.2. The molecule has 1 heterocycles. The molecule has 1 aliphatic heterocycles. The summed E-state index contributed by atoms with van der Waals surface area (Å²) in [5, 5.41) is 9.56. The first-order valence-corrected chi connectivity index (χ1v) is 10.3. The van der Waals surface area contributed by atoms with E-state index < -0.39 is 16.1 Å². The summed E-state index contributed by atoms with van der Waals surface area (Å²) < 4.78 is 33.3. The van der Waals surface area contributed by atoms with E-state index in [0.717, 1.165) is 11.1 Å². The average Bonchev–Trinajstić information content (AvgIpc) is 2.67. The zero-order chi connectivity index (χ0) is 19.7. The van der Waals surface area contributed by atoms with Crippen LogP contribution in [0.5, 0.6) is 0 Å². The van der Waals surface area contributed by atoms with Gasteiger partial charge in [-0.25, -0.2) is 8.42 Å². The molecule has 2 aromatic carbocycles. The standard InChI is InChI=1S/C21H25NO4S/c1-21(2,3)17-9-11-19(12-10-17)27(24,25)22-13-18(15-23)26-20(14-22)16-7-5-4-6-8-16/h4-12,14,18,23H,13,15H2,1-3H3/t18-/m0/s1. The van der Waals surface area contributed by atoms with Crippen LogP contribution in [0.2, 0.25) is 0 Å². The van der Waals surface area contributed by atoms with E-state index in [9.17, 15) is 13.5 Å². The lowest BCUT2D eigenvalue weighted by Crippen LogP contribution is -2.40. The summed E-state index contributed by atoms with van der Waals surface area (Å²) in [6.45, 7) is 6.05. The Bertz CT molecular complexity index is 913. The molecule has 0 amide bonds. The maximum Gasteiger partial charge on any atom is 0.264 e. The van der Waals surface area contributed by atoms with Crippen molar-refractivity contribution in [1.29, 1.82) is 0 Å². The van der Waals surface area contributed by atoms with Gasteiger partial charge in [-0.05, 0) is 23.1 Å². The number of sulfonamides is 1. The summed E-state index contributed by atoms with van der Waals surface area (Å²) in [5.74, 6) is 0.427. The molecule has 1 aliphatic rings. The summed E-state index contributed by atoms with van der Waals surface area (Å²) >= 11 is 0. The van der Waals surface area contributed by atoms with Gasteiger partial charge in [0.1, 0.15) is 11.9 Å². The summed E-state index contributed by atoms with van der Waals surface area (Å²) in [7, 11) is -3.74. The van der Waals surface area contributed by atoms with Crippen molar-refractivity contribution in [2.24, 2.45) is 0 Å². The fourth-order valence-corrected chi connectivity index (χ4v) is 4.25. The highest BCUT2D eigenvalue weighted by molar-refractivity contribution is 7.89. The van der Waals surface area contributed by atoms with E-state index in [4.69, 9.17) is 4.74 Å². The second kappa shape index (κ2) is 7.37. The molecule has 0 saturated heterocycles. The van der Waals surface area contributed by atoms with Crippen LogP contribution in [0.15, 0.2) is 65.7 Å². The minimum absolute atomic E-state index is 0.0520. The van der Waals surface area contributed by atoms with Gasteiger partial charge in [0, 0.05) is 5.56 Å². The summed E-state index contributed by atoms with van der Waals surface area (Å²) in [6.07, 6.45) is 0.878. The highest BCUT2D eigenvalue weighted by atomic mass is 32.2. The molecule has 144 valence electrons. The molecule has 1 N–H and O–H groups in total. The first-order valence-electron chi connectivity index (χ1n) is 8.89. The van der Waals surface area contributed by atoms with E-state index in [1.165, 1.54) is 10.5 Å². The van der Waals surface area contributed by atoms with E-state index in [2.05, 4.69) is 20.8 Å². The third-order valence-electron chi connectivity index (χ3n) is 4.53. The topological polar surface area (TPSA) is 66.8 Å². The molecule has 0 fully saturated rings. The highest BCUT2D eigenvalue weighted by Crippen LogP contribution is 2.29. The van der Waals surface area contributed by atoms with E-state index in [1.54, 1.807) is 12.1 Å². The largest absolute Gasteiger partial charge is 0.484 e. The molecule has 2 aromatic rings. The van der Waals surface area contributed by atoms with Crippen LogP contribution in [0, 0.1) is 0 Å². The molecule has 0 aliphatic carbocycles. The van der Waals surface area contributed by atoms with Crippen LogP contribution in [0.1, 0.15) is 31.9 Å². The van der Waals surface area contributed by atoms with Gasteiger partial charge in [0.15, 0.2) is 0 Å². The van der Waals surface area contributed by atoms with Gasteiger partial charge < -0.3 is 9.84 Å². The normalized spacial score (nSPS) is 18.0. The van der Waals surface area contributed by atoms with Crippen molar-refractivity contribution in [2.75, 3.05) is 13.2 Å². The number of hydrogen-bond donors (Lipinski definition) is 1. The Labute approximate surface area is 161 Å². The van der Waals surface area contributed by atoms with E-state index in [1.807, 2.05) is 42.5 Å². The Hall–Kier alpha value is -2.31. The van der Waals surface area contributed by atoms with Crippen molar-refractivity contribution >= 4 is 15.8 Å². The van der Waals surface area contributed by atoms with Crippen LogP contribution in [-0.4, -0.2) is 37.1 Å². The molecule has 27 heavy (non-hydrogen) atoms. The lowest BCUT2D eigenvalue weighted by Gasteiger charge is -2.32. The van der Waals surface area contributed by atoms with E-state index in [-0.39, 0.29) is 23.5 Å². The Kier molecular flexibility index (Phi) is 5.31. The Morgan fingerprint density at radius 3 is 2.26 bits per heavy atom. The van der Waals surface area contributed by atoms with Crippen molar-refractivity contribution < 1.29 is 18.3 Å². The predicted molar refractivity (Wildman–Crippen MR) is 105 cm³/mol. The van der Waals surface area contributed by atoms with Crippen LogP contribution in [0.4, 0.5) is 0 Å². The van der Waals surface area contributed by atoms with E-state index >= 15 is 0 Å². The second-order valence-corrected chi connectivity index (χ2v) is 9.52. The Morgan fingerprint density at radius 2 is 1.70 bits per heavy atom. The van der Waals surface area contributed by atoms with Crippen LogP contribution in [0.3, 0.4) is 0 Å². The molecule has 0 aromatic heterocycles. The third kappa shape index (κ3) is 4.17. The van der Waals surface area contributed by atoms with Crippen LogP contribution >= 0.6 is 0 Å². The van der Waals surface area contributed by atoms with Crippen LogP contribution in [0.25, 0.3) is 5.76 Å². The predicted octanol–water partition coefficient (Wildman–Crippen LogP) is 3.36. The smallest absolute Gasteiger partial charge is 0.264 e. The fourth-order valence-electron chi connectivity index (χ4n) is 2.90. The number of hydrogen-bond acceptors (Lipinski definition) is 4. The minimum Gasteiger partial charge on any atom is -0.484 e. The molecule has 0 spiro atoms. The van der Waals surface area contributed by atoms with Gasteiger partial charge in [-0.3, -0.25) is 4.31 Å². The summed E-state index contributed by atoms with van der Waals surface area (Å²) in [4.78, 5) is 0.220. The number of nitrogens with zero attached hydrogens (tertiary/aromatic N) is 1. The summed E-state index contributed by atoms with van der Waals surface area (Å²) in [5.41, 5.74) is 1.78. The first-order chi connectivity index (χ1) is 12.7. The lowest BCUT2D eigenvalue weighted by atomic mass is 9.87.